The Morgan fingerprint density at radius 3 is 2.34 bits per heavy atom. The summed E-state index contributed by atoms with van der Waals surface area (Å²) in [5.74, 6) is 0.282. The Morgan fingerprint density at radius 1 is 1.03 bits per heavy atom. The second-order valence-corrected chi connectivity index (χ2v) is 11.4. The molecule has 0 amide bonds. The summed E-state index contributed by atoms with van der Waals surface area (Å²) in [6.07, 6.45) is 1.00. The number of ketones is 1. The van der Waals surface area contributed by atoms with Crippen LogP contribution in [0.3, 0.4) is 0 Å². The number of carbonyl (C=O) groups excluding carboxylic acids is 1. The minimum absolute atomic E-state index is 0.118. The number of piperidine rings is 1. The van der Waals surface area contributed by atoms with Gasteiger partial charge in [0.05, 0.1) is 22.8 Å². The van der Waals surface area contributed by atoms with E-state index in [9.17, 15) is 18.0 Å². The van der Waals surface area contributed by atoms with E-state index >= 15 is 0 Å². The number of nitrogens with zero attached hydrogens (tertiary/aromatic N) is 3. The summed E-state index contributed by atoms with van der Waals surface area (Å²) in [6.45, 7) is 6.75. The first-order chi connectivity index (χ1) is 16.6. The number of para-hydroxylation sites is 1. The zero-order chi connectivity index (χ0) is 25.3. The van der Waals surface area contributed by atoms with Gasteiger partial charge in [-0.25, -0.2) is 13.1 Å². The van der Waals surface area contributed by atoms with Crippen molar-refractivity contribution in [2.45, 2.75) is 32.1 Å². The molecular weight excluding hydrogens is 464 g/mol. The topological polar surface area (TPSA) is 93.4 Å². The molecule has 2 unspecified atom stereocenters. The van der Waals surface area contributed by atoms with Crippen LogP contribution in [0.25, 0.3) is 5.69 Å². The van der Waals surface area contributed by atoms with Crippen molar-refractivity contribution in [2.75, 3.05) is 25.0 Å². The molecule has 8 nitrogen and oxygen atoms in total. The van der Waals surface area contributed by atoms with E-state index in [4.69, 9.17) is 0 Å². The van der Waals surface area contributed by atoms with Crippen molar-refractivity contribution in [3.8, 4) is 5.69 Å². The number of benzene rings is 2. The third-order valence-electron chi connectivity index (χ3n) is 6.61. The lowest BCUT2D eigenvalue weighted by molar-refractivity contribution is 0.101. The predicted molar refractivity (Wildman–Crippen MR) is 137 cm³/mol. The molecule has 1 aliphatic rings. The highest BCUT2D eigenvalue weighted by atomic mass is 32.2. The monoisotopic (exact) mass is 496 g/mol. The van der Waals surface area contributed by atoms with Gasteiger partial charge in [0.25, 0.3) is 5.56 Å². The van der Waals surface area contributed by atoms with Gasteiger partial charge in [-0.15, -0.1) is 0 Å². The van der Waals surface area contributed by atoms with Gasteiger partial charge in [0.2, 0.25) is 10.0 Å². The van der Waals surface area contributed by atoms with Crippen LogP contribution in [-0.2, 0) is 17.1 Å². The average molecular weight is 497 g/mol. The molecule has 1 aliphatic heterocycles. The molecule has 0 saturated carbocycles. The first kappa shape index (κ1) is 24.9. The third-order valence-corrected chi connectivity index (χ3v) is 8.44. The Hall–Kier alpha value is -3.17. The van der Waals surface area contributed by atoms with Crippen LogP contribution in [0.1, 0.15) is 36.3 Å². The van der Waals surface area contributed by atoms with Crippen LogP contribution >= 0.6 is 0 Å². The molecule has 35 heavy (non-hydrogen) atoms. The number of anilines is 1. The second-order valence-electron chi connectivity index (χ2n) is 9.51. The van der Waals surface area contributed by atoms with Crippen molar-refractivity contribution >= 4 is 21.5 Å². The maximum absolute atomic E-state index is 13.2. The van der Waals surface area contributed by atoms with E-state index in [-0.39, 0.29) is 40.2 Å². The van der Waals surface area contributed by atoms with Gasteiger partial charge < -0.3 is 5.32 Å². The Bertz CT molecular complexity index is 1380. The molecule has 0 bridgehead atoms. The van der Waals surface area contributed by atoms with Gasteiger partial charge in [0.1, 0.15) is 5.69 Å². The number of sulfonamides is 1. The third kappa shape index (κ3) is 4.97. The molecule has 3 aromatic rings. The lowest BCUT2D eigenvalue weighted by Gasteiger charge is -2.34. The zero-order valence-electron chi connectivity index (χ0n) is 20.6. The Balaban J connectivity index is 1.54. The van der Waals surface area contributed by atoms with Crippen molar-refractivity contribution in [1.29, 1.82) is 0 Å². The standard InChI is InChI=1S/C26H32N4O4S/c1-18-13-19(2)17-29(16-18)35(33,34)23-12-8-9-21(14-23)24(31)15-27-25-20(3)28(4)30(26(25)32)22-10-6-5-7-11-22/h5-12,14,18-19,27H,13,15-17H2,1-4H3. The molecule has 1 aromatic heterocycles. The number of Topliss-reactive ketones (excluding diaryl/α,β-unsaturated/α-hetero) is 1. The molecular formula is C26H32N4O4S. The molecule has 0 aliphatic carbocycles. The average Bonchev–Trinajstić information content (AvgIpc) is 3.05. The fourth-order valence-corrected chi connectivity index (χ4v) is 6.55. The summed E-state index contributed by atoms with van der Waals surface area (Å²) in [4.78, 5) is 26.2. The SMILES string of the molecule is Cc1c(NCC(=O)c2cccc(S(=O)(=O)N3CC(C)CC(C)C3)c2)c(=O)n(-c2ccccc2)n1C. The predicted octanol–water partition coefficient (Wildman–Crippen LogP) is 3.45. The summed E-state index contributed by atoms with van der Waals surface area (Å²) >= 11 is 0. The first-order valence-corrected chi connectivity index (χ1v) is 13.2. The Kier molecular flexibility index (Phi) is 7.00. The van der Waals surface area contributed by atoms with Crippen LogP contribution in [0, 0.1) is 18.8 Å². The fraction of sp³-hybridized carbons (Fsp3) is 0.385. The highest BCUT2D eigenvalue weighted by Gasteiger charge is 2.32. The molecule has 4 rings (SSSR count). The molecule has 0 radical (unpaired) electrons. The maximum atomic E-state index is 13.2. The molecule has 1 N–H and O–H groups in total. The van der Waals surface area contributed by atoms with Gasteiger partial charge in [-0.1, -0.05) is 44.2 Å². The maximum Gasteiger partial charge on any atom is 0.295 e. The number of carbonyl (C=O) groups is 1. The smallest absolute Gasteiger partial charge is 0.295 e. The van der Waals surface area contributed by atoms with Crippen LogP contribution in [-0.4, -0.2) is 47.5 Å². The van der Waals surface area contributed by atoms with Gasteiger partial charge in [-0.05, 0) is 49.4 Å². The van der Waals surface area contributed by atoms with Crippen molar-refractivity contribution in [3.05, 3.63) is 76.2 Å². The van der Waals surface area contributed by atoms with E-state index in [1.54, 1.807) is 30.8 Å². The van der Waals surface area contributed by atoms with Crippen LogP contribution in [0.5, 0.6) is 0 Å². The largest absolute Gasteiger partial charge is 0.372 e. The van der Waals surface area contributed by atoms with Crippen LogP contribution in [0.2, 0.25) is 0 Å². The number of aromatic nitrogens is 2. The molecule has 1 saturated heterocycles. The van der Waals surface area contributed by atoms with Crippen LogP contribution < -0.4 is 10.9 Å². The van der Waals surface area contributed by atoms with E-state index < -0.39 is 10.0 Å². The Labute approximate surface area is 206 Å². The normalized spacial score (nSPS) is 19.0. The fourth-order valence-electron chi connectivity index (χ4n) is 4.82. The number of hydrogen-bond acceptors (Lipinski definition) is 5. The van der Waals surface area contributed by atoms with Gasteiger partial charge in [-0.2, -0.15) is 4.31 Å². The van der Waals surface area contributed by atoms with Gasteiger partial charge in [-0.3, -0.25) is 14.3 Å². The molecule has 186 valence electrons. The molecule has 2 heterocycles. The summed E-state index contributed by atoms with van der Waals surface area (Å²) in [7, 11) is -1.91. The van der Waals surface area contributed by atoms with Gasteiger partial charge >= 0.3 is 0 Å². The van der Waals surface area contributed by atoms with Crippen molar-refractivity contribution in [1.82, 2.24) is 13.7 Å². The highest BCUT2D eigenvalue weighted by molar-refractivity contribution is 7.89. The number of nitrogens with one attached hydrogen (secondary N) is 1. The lowest BCUT2D eigenvalue weighted by Crippen LogP contribution is -2.42. The highest BCUT2D eigenvalue weighted by Crippen LogP contribution is 2.27. The van der Waals surface area contributed by atoms with Gasteiger partial charge in [0.15, 0.2) is 5.78 Å². The Morgan fingerprint density at radius 2 is 1.69 bits per heavy atom. The van der Waals surface area contributed by atoms with Crippen molar-refractivity contribution < 1.29 is 13.2 Å². The van der Waals surface area contributed by atoms with E-state index in [0.717, 1.165) is 12.1 Å². The zero-order valence-corrected chi connectivity index (χ0v) is 21.4. The van der Waals surface area contributed by atoms with Crippen molar-refractivity contribution in [2.24, 2.45) is 18.9 Å². The minimum atomic E-state index is -3.69. The van der Waals surface area contributed by atoms with E-state index in [1.807, 2.05) is 30.3 Å². The quantitative estimate of drug-likeness (QED) is 0.506. The summed E-state index contributed by atoms with van der Waals surface area (Å²) in [5, 5.41) is 2.98. The van der Waals surface area contributed by atoms with E-state index in [2.05, 4.69) is 19.2 Å². The van der Waals surface area contributed by atoms with Gasteiger partial charge in [0, 0.05) is 25.7 Å². The lowest BCUT2D eigenvalue weighted by atomic mass is 9.94. The summed E-state index contributed by atoms with van der Waals surface area (Å²) < 4.78 is 31.3. The van der Waals surface area contributed by atoms with Crippen LogP contribution in [0.15, 0.2) is 64.3 Å². The molecule has 1 fully saturated rings. The van der Waals surface area contributed by atoms with E-state index in [0.29, 0.717) is 24.5 Å². The molecule has 2 atom stereocenters. The first-order valence-electron chi connectivity index (χ1n) is 11.8. The summed E-state index contributed by atoms with van der Waals surface area (Å²) in [6, 6.07) is 15.4. The number of rotatable bonds is 7. The summed E-state index contributed by atoms with van der Waals surface area (Å²) in [5.41, 5.74) is 1.78. The van der Waals surface area contributed by atoms with Crippen LogP contribution in [0.4, 0.5) is 5.69 Å². The second kappa shape index (κ2) is 9.83. The minimum Gasteiger partial charge on any atom is -0.372 e. The molecule has 9 heteroatoms. The van der Waals surface area contributed by atoms with Crippen molar-refractivity contribution in [3.63, 3.8) is 0 Å². The van der Waals surface area contributed by atoms with E-state index in [1.165, 1.54) is 21.1 Å². The molecule has 2 aromatic carbocycles. The number of hydrogen-bond donors (Lipinski definition) is 1. The molecule has 0 spiro atoms.